The predicted molar refractivity (Wildman–Crippen MR) is 188 cm³/mol. The van der Waals surface area contributed by atoms with Crippen LogP contribution in [0.5, 0.6) is 0 Å². The van der Waals surface area contributed by atoms with Gasteiger partial charge in [-0.3, -0.25) is 13.9 Å². The number of sulfonamides is 1. The third kappa shape index (κ3) is 8.74. The van der Waals surface area contributed by atoms with Crippen LogP contribution in [0.25, 0.3) is 0 Å². The number of nitrogens with zero attached hydrogens (tertiary/aromatic N) is 2. The second-order valence-electron chi connectivity index (χ2n) is 11.9. The molecule has 1 atom stereocenters. The lowest BCUT2D eigenvalue weighted by Crippen LogP contribution is -2.55. The number of rotatable bonds is 12. The van der Waals surface area contributed by atoms with Gasteiger partial charge in [-0.2, -0.15) is 0 Å². The summed E-state index contributed by atoms with van der Waals surface area (Å²) in [5.74, 6) is -0.835. The number of benzene rings is 4. The molecule has 1 N–H and O–H groups in total. The van der Waals surface area contributed by atoms with Crippen LogP contribution >= 0.6 is 23.2 Å². The fourth-order valence-corrected chi connectivity index (χ4v) is 7.69. The van der Waals surface area contributed by atoms with Gasteiger partial charge in [-0.25, -0.2) is 8.42 Å². The Balaban J connectivity index is 1.58. The predicted octanol–water partition coefficient (Wildman–Crippen LogP) is 7.59. The molecule has 5 rings (SSSR count). The molecule has 246 valence electrons. The maximum Gasteiger partial charge on any atom is 0.264 e. The van der Waals surface area contributed by atoms with Crippen LogP contribution in [0.2, 0.25) is 10.0 Å². The molecule has 0 aromatic heterocycles. The van der Waals surface area contributed by atoms with Crippen LogP contribution in [-0.2, 0) is 32.6 Å². The summed E-state index contributed by atoms with van der Waals surface area (Å²) in [6, 6.07) is 28.6. The largest absolute Gasteiger partial charge is 0.352 e. The van der Waals surface area contributed by atoms with Gasteiger partial charge in [-0.1, -0.05) is 115 Å². The summed E-state index contributed by atoms with van der Waals surface area (Å²) in [4.78, 5) is 30.4. The lowest BCUT2D eigenvalue weighted by Gasteiger charge is -2.35. The topological polar surface area (TPSA) is 86.8 Å². The molecule has 1 aliphatic carbocycles. The lowest BCUT2D eigenvalue weighted by atomic mass is 9.94. The highest BCUT2D eigenvalue weighted by atomic mass is 35.5. The maximum absolute atomic E-state index is 14.7. The third-order valence-corrected chi connectivity index (χ3v) is 11.1. The molecule has 1 aliphatic rings. The van der Waals surface area contributed by atoms with Gasteiger partial charge in [-0.15, -0.1) is 0 Å². The molecule has 0 bridgehead atoms. The number of amides is 2. The molecular weight excluding hydrogens is 653 g/mol. The first-order valence-electron chi connectivity index (χ1n) is 15.8. The van der Waals surface area contributed by atoms with Gasteiger partial charge in [0.1, 0.15) is 12.6 Å². The first-order valence-corrected chi connectivity index (χ1v) is 18.0. The lowest BCUT2D eigenvalue weighted by molar-refractivity contribution is -0.140. The SMILES string of the molecule is Cc1ccc(N(CC(=O)N(Cc2ccccc2Cl)[C@@H](Cc2ccccc2)C(=O)NC2CCCCC2)S(=O)(=O)c2ccccc2)cc1Cl. The molecule has 1 saturated carbocycles. The van der Waals surface area contributed by atoms with Gasteiger partial charge in [0.15, 0.2) is 0 Å². The highest BCUT2D eigenvalue weighted by Gasteiger charge is 2.35. The van der Waals surface area contributed by atoms with Crippen molar-refractivity contribution in [2.75, 3.05) is 10.8 Å². The molecule has 0 spiro atoms. The zero-order valence-electron chi connectivity index (χ0n) is 26.3. The van der Waals surface area contributed by atoms with Gasteiger partial charge in [0.2, 0.25) is 11.8 Å². The second kappa shape index (κ2) is 15.8. The standard InChI is InChI=1S/C37H39Cl2N3O4S/c1-27-21-22-31(24-34(27)39)42(47(45,46)32-18-9-4-10-19-32)26-36(43)41(25-29-15-11-12-20-33(29)38)35(23-28-13-5-2-6-14-28)37(44)40-30-16-7-3-8-17-30/h2,4-6,9-15,18-22,24,30,35H,3,7-8,16-17,23,25-26H2,1H3,(H,40,44)/t35-/m0/s1. The highest BCUT2D eigenvalue weighted by Crippen LogP contribution is 2.29. The van der Waals surface area contributed by atoms with Gasteiger partial charge in [0, 0.05) is 29.1 Å². The van der Waals surface area contributed by atoms with Crippen molar-refractivity contribution < 1.29 is 18.0 Å². The van der Waals surface area contributed by atoms with Crippen molar-refractivity contribution in [2.24, 2.45) is 0 Å². The average Bonchev–Trinajstić information content (AvgIpc) is 3.08. The van der Waals surface area contributed by atoms with Crippen molar-refractivity contribution in [3.8, 4) is 0 Å². The molecular formula is C37H39Cl2N3O4S. The number of hydrogen-bond donors (Lipinski definition) is 1. The molecule has 0 heterocycles. The van der Waals surface area contributed by atoms with Gasteiger partial charge >= 0.3 is 0 Å². The molecule has 0 aliphatic heterocycles. The van der Waals surface area contributed by atoms with Crippen LogP contribution in [0.15, 0.2) is 108 Å². The van der Waals surface area contributed by atoms with E-state index in [1.165, 1.54) is 17.0 Å². The minimum Gasteiger partial charge on any atom is -0.352 e. The quantitative estimate of drug-likeness (QED) is 0.166. The first kappa shape index (κ1) is 34.5. The van der Waals surface area contributed by atoms with Crippen molar-refractivity contribution in [1.82, 2.24) is 10.2 Å². The van der Waals surface area contributed by atoms with Gasteiger partial charge in [0.05, 0.1) is 10.6 Å². The van der Waals surface area contributed by atoms with E-state index in [9.17, 15) is 18.0 Å². The molecule has 1 fully saturated rings. The van der Waals surface area contributed by atoms with E-state index < -0.39 is 28.5 Å². The van der Waals surface area contributed by atoms with E-state index in [4.69, 9.17) is 23.2 Å². The Bertz CT molecular complexity index is 1780. The molecule has 0 radical (unpaired) electrons. The first-order chi connectivity index (χ1) is 22.6. The number of halogens is 2. The van der Waals surface area contributed by atoms with E-state index in [-0.39, 0.29) is 35.5 Å². The monoisotopic (exact) mass is 691 g/mol. The van der Waals surface area contributed by atoms with E-state index >= 15 is 0 Å². The van der Waals surface area contributed by atoms with E-state index in [2.05, 4.69) is 5.32 Å². The van der Waals surface area contributed by atoms with Crippen LogP contribution in [0.3, 0.4) is 0 Å². The number of nitrogens with one attached hydrogen (secondary N) is 1. The Morgan fingerprint density at radius 1 is 0.830 bits per heavy atom. The summed E-state index contributed by atoms with van der Waals surface area (Å²) in [6.45, 7) is 1.25. The number of carbonyl (C=O) groups excluding carboxylic acids is 2. The Kier molecular flexibility index (Phi) is 11.6. The molecule has 0 saturated heterocycles. The van der Waals surface area contributed by atoms with Crippen LogP contribution in [0.1, 0.15) is 48.8 Å². The van der Waals surface area contributed by atoms with Crippen LogP contribution in [-0.4, -0.2) is 43.8 Å². The number of carbonyl (C=O) groups is 2. The van der Waals surface area contributed by atoms with Crippen LogP contribution < -0.4 is 9.62 Å². The van der Waals surface area contributed by atoms with Gasteiger partial charge < -0.3 is 10.2 Å². The maximum atomic E-state index is 14.7. The molecule has 10 heteroatoms. The third-order valence-electron chi connectivity index (χ3n) is 8.57. The van der Waals surface area contributed by atoms with E-state index in [1.807, 2.05) is 43.3 Å². The minimum absolute atomic E-state index is 0.00196. The Hall–Kier alpha value is -3.85. The number of aryl methyl sites for hydroxylation is 1. The Morgan fingerprint density at radius 2 is 1.47 bits per heavy atom. The molecule has 4 aromatic carbocycles. The summed E-state index contributed by atoms with van der Waals surface area (Å²) in [6.07, 6.45) is 5.17. The molecule has 4 aromatic rings. The normalized spacial score (nSPS) is 14.3. The summed E-state index contributed by atoms with van der Waals surface area (Å²) < 4.78 is 29.4. The highest BCUT2D eigenvalue weighted by molar-refractivity contribution is 7.92. The van der Waals surface area contributed by atoms with Crippen molar-refractivity contribution in [3.63, 3.8) is 0 Å². The Labute approximate surface area is 287 Å². The zero-order chi connectivity index (χ0) is 33.4. The van der Waals surface area contributed by atoms with Crippen LogP contribution in [0, 0.1) is 6.92 Å². The molecule has 7 nitrogen and oxygen atoms in total. The van der Waals surface area contributed by atoms with Gasteiger partial charge in [0.25, 0.3) is 10.0 Å². The summed E-state index contributed by atoms with van der Waals surface area (Å²) >= 11 is 13.1. The average molecular weight is 693 g/mol. The van der Waals surface area contributed by atoms with Gasteiger partial charge in [-0.05, 0) is 66.8 Å². The van der Waals surface area contributed by atoms with Crippen molar-refractivity contribution >= 4 is 50.7 Å². The fraction of sp³-hybridized carbons (Fsp3) is 0.297. The summed E-state index contributed by atoms with van der Waals surface area (Å²) in [5.41, 5.74) is 2.51. The second-order valence-corrected chi connectivity index (χ2v) is 14.6. The minimum atomic E-state index is -4.22. The smallest absolute Gasteiger partial charge is 0.264 e. The van der Waals surface area contributed by atoms with Crippen molar-refractivity contribution in [3.05, 3.63) is 130 Å². The fourth-order valence-electron chi connectivity index (χ4n) is 5.89. The summed E-state index contributed by atoms with van der Waals surface area (Å²) in [5, 5.41) is 4.02. The zero-order valence-corrected chi connectivity index (χ0v) is 28.6. The van der Waals surface area contributed by atoms with Crippen molar-refractivity contribution in [1.29, 1.82) is 0 Å². The Morgan fingerprint density at radius 3 is 2.13 bits per heavy atom. The van der Waals surface area contributed by atoms with E-state index in [0.717, 1.165) is 47.5 Å². The molecule has 0 unspecified atom stereocenters. The van der Waals surface area contributed by atoms with E-state index in [1.54, 1.807) is 54.6 Å². The van der Waals surface area contributed by atoms with Crippen molar-refractivity contribution in [2.45, 2.75) is 69.0 Å². The van der Waals surface area contributed by atoms with E-state index in [0.29, 0.717) is 15.6 Å². The van der Waals surface area contributed by atoms with Crippen LogP contribution in [0.4, 0.5) is 5.69 Å². The summed E-state index contributed by atoms with van der Waals surface area (Å²) in [7, 11) is -4.22. The molecule has 47 heavy (non-hydrogen) atoms. The number of hydrogen-bond acceptors (Lipinski definition) is 4. The molecule has 2 amide bonds. The number of anilines is 1.